The number of hydrogen-bond donors (Lipinski definition) is 3. The van der Waals surface area contributed by atoms with Gasteiger partial charge in [0.2, 0.25) is 5.91 Å². The average Bonchev–Trinajstić information content (AvgIpc) is 3.13. The number of benzene rings is 4. The van der Waals surface area contributed by atoms with Crippen LogP contribution in [0, 0.1) is 6.92 Å². The molecule has 0 bridgehead atoms. The van der Waals surface area contributed by atoms with Gasteiger partial charge in [-0.3, -0.25) is 18.8 Å². The van der Waals surface area contributed by atoms with Crippen molar-refractivity contribution in [2.45, 2.75) is 41.0 Å². The molecule has 6 rings (SSSR count). The van der Waals surface area contributed by atoms with Crippen LogP contribution in [0.2, 0.25) is 0 Å². The molecule has 278 valence electrons. The number of ether oxygens (including phenoxy) is 2. The Labute approximate surface area is 312 Å². The maximum Gasteiger partial charge on any atom is 0.356 e. The van der Waals surface area contributed by atoms with Gasteiger partial charge in [-0.2, -0.15) is 16.8 Å². The number of rotatable bonds is 11. The fraction of sp³-hybridized carbons (Fsp3) is 0.211. The molecule has 2 aliphatic heterocycles. The molecule has 2 atom stereocenters. The normalized spacial score (nSPS) is 17.2. The molecule has 0 radical (unpaired) electrons. The van der Waals surface area contributed by atoms with Crippen LogP contribution >= 0.6 is 11.8 Å². The van der Waals surface area contributed by atoms with Gasteiger partial charge in [-0.05, 0) is 41.8 Å². The maximum absolute atomic E-state index is 14.1. The monoisotopic (exact) mass is 778 g/mol. The van der Waals surface area contributed by atoms with Crippen LogP contribution in [0.1, 0.15) is 27.8 Å². The second-order valence-electron chi connectivity index (χ2n) is 12.3. The predicted octanol–water partition coefficient (Wildman–Crippen LogP) is 5.04. The van der Waals surface area contributed by atoms with E-state index in [1.54, 1.807) is 20.1 Å². The standard InChI is InChI=1S/C30H28N2O4S.C8H10O6S2/c1-3-21-19-37-28-25(31)27(33)32(28)26(21)29(34)36-30(22-10-6-4-7-11-22,23-12-8-5-9-13-23)18-20-14-16-24(35-2)17-15-20;1-6-2-3-8(16(12,13)14)7(4-6)5-15(9,10)11/h3-17,25,28H,1,18-19,31H2,2H3;2-4H,5H2,1H3,(H,9,10,11)(H,12,13,14)/t25?,28-;/m0./s1. The largest absolute Gasteiger partial charge is 0.497 e. The van der Waals surface area contributed by atoms with Gasteiger partial charge < -0.3 is 15.2 Å². The summed E-state index contributed by atoms with van der Waals surface area (Å²) in [6, 6.07) is 30.2. The van der Waals surface area contributed by atoms with E-state index >= 15 is 0 Å². The van der Waals surface area contributed by atoms with E-state index < -0.39 is 48.5 Å². The van der Waals surface area contributed by atoms with Crippen LogP contribution in [0.3, 0.4) is 0 Å². The van der Waals surface area contributed by atoms with Gasteiger partial charge in [0, 0.05) is 23.3 Å². The fourth-order valence-electron chi connectivity index (χ4n) is 6.13. The molecule has 0 aromatic heterocycles. The molecule has 4 aromatic rings. The molecule has 4 N–H and O–H groups in total. The number of nitrogens with zero attached hydrogens (tertiary/aromatic N) is 1. The van der Waals surface area contributed by atoms with Crippen molar-refractivity contribution in [3.05, 3.63) is 155 Å². The highest BCUT2D eigenvalue weighted by Crippen LogP contribution is 2.43. The number of allylic oxidation sites excluding steroid dienone is 1. The minimum atomic E-state index is -4.50. The zero-order valence-corrected chi connectivity index (χ0v) is 31.2. The summed E-state index contributed by atoms with van der Waals surface area (Å²) >= 11 is 1.53. The van der Waals surface area contributed by atoms with Gasteiger partial charge in [0.05, 0.1) is 12.0 Å². The Hall–Kier alpha value is -4.77. The van der Waals surface area contributed by atoms with Gasteiger partial charge in [-0.15, -0.1) is 11.8 Å². The van der Waals surface area contributed by atoms with Crippen LogP contribution in [0.4, 0.5) is 0 Å². The lowest BCUT2D eigenvalue weighted by atomic mass is 9.81. The molecule has 1 saturated heterocycles. The van der Waals surface area contributed by atoms with Crippen LogP contribution in [-0.2, 0) is 52.3 Å². The van der Waals surface area contributed by atoms with Crippen molar-refractivity contribution in [3.63, 3.8) is 0 Å². The summed E-state index contributed by atoms with van der Waals surface area (Å²) in [7, 11) is -7.23. The Morgan fingerprint density at radius 2 is 1.55 bits per heavy atom. The maximum atomic E-state index is 14.1. The van der Waals surface area contributed by atoms with Gasteiger partial charge in [-0.25, -0.2) is 4.79 Å². The third-order valence-electron chi connectivity index (χ3n) is 8.67. The topological polar surface area (TPSA) is 191 Å². The van der Waals surface area contributed by atoms with Crippen molar-refractivity contribution in [2.24, 2.45) is 5.73 Å². The van der Waals surface area contributed by atoms with Gasteiger partial charge in [-0.1, -0.05) is 103 Å². The molecule has 4 aromatic carbocycles. The molecule has 53 heavy (non-hydrogen) atoms. The molecule has 0 spiro atoms. The SMILES string of the molecule is C=CC1=C(C(=O)OC(Cc2ccc(OC)cc2)(c2ccccc2)c2ccccc2)N2C(=O)C(N)[C@@H]2SC1.Cc1ccc(S(=O)(=O)O)c(CS(=O)(=O)O)c1. The second-order valence-corrected chi connectivity index (χ2v) is 16.2. The van der Waals surface area contributed by atoms with Gasteiger partial charge in [0.25, 0.3) is 20.2 Å². The fourth-order valence-corrected chi connectivity index (χ4v) is 8.84. The van der Waals surface area contributed by atoms with Gasteiger partial charge in [0.1, 0.15) is 28.6 Å². The molecular weight excluding hydrogens is 741 g/mol. The van der Waals surface area contributed by atoms with Crippen molar-refractivity contribution in [1.29, 1.82) is 0 Å². The van der Waals surface area contributed by atoms with Crippen LogP contribution in [0.25, 0.3) is 0 Å². The number of carbonyl (C=O) groups is 2. The van der Waals surface area contributed by atoms with Crippen molar-refractivity contribution in [2.75, 3.05) is 12.9 Å². The Balaban J connectivity index is 0.000000285. The molecule has 0 aliphatic carbocycles. The summed E-state index contributed by atoms with van der Waals surface area (Å²) in [4.78, 5) is 27.7. The number of nitrogens with two attached hydrogens (primary N) is 1. The van der Waals surface area contributed by atoms with E-state index in [2.05, 4.69) is 6.58 Å². The number of amides is 1. The number of thioether (sulfide) groups is 1. The molecule has 15 heteroatoms. The minimum absolute atomic E-state index is 0.162. The number of hydrogen-bond acceptors (Lipinski definition) is 10. The van der Waals surface area contributed by atoms with E-state index in [1.165, 1.54) is 28.8 Å². The lowest BCUT2D eigenvalue weighted by Gasteiger charge is -2.48. The van der Waals surface area contributed by atoms with E-state index in [-0.39, 0.29) is 22.5 Å². The molecule has 2 aliphatic rings. The molecule has 1 amide bonds. The van der Waals surface area contributed by atoms with Crippen LogP contribution in [0.5, 0.6) is 5.75 Å². The molecule has 1 fully saturated rings. The van der Waals surface area contributed by atoms with Crippen molar-refractivity contribution in [3.8, 4) is 5.75 Å². The Morgan fingerprint density at radius 3 is 2.06 bits per heavy atom. The zero-order chi connectivity index (χ0) is 38.6. The molecular formula is C38H38N2O10S3. The van der Waals surface area contributed by atoms with E-state index in [1.807, 2.05) is 84.9 Å². The van der Waals surface area contributed by atoms with E-state index in [0.717, 1.165) is 28.5 Å². The van der Waals surface area contributed by atoms with Crippen molar-refractivity contribution >= 4 is 43.9 Å². The van der Waals surface area contributed by atoms with E-state index in [0.29, 0.717) is 23.3 Å². The first-order valence-corrected chi connectivity index (χ1v) is 20.2. The molecule has 1 unspecified atom stereocenters. The molecule has 2 heterocycles. The van der Waals surface area contributed by atoms with Crippen LogP contribution < -0.4 is 10.5 Å². The second kappa shape index (κ2) is 16.1. The van der Waals surface area contributed by atoms with Crippen LogP contribution in [-0.4, -0.2) is 67.0 Å². The summed E-state index contributed by atoms with van der Waals surface area (Å²) in [5, 5.41) is -0.289. The zero-order valence-electron chi connectivity index (χ0n) is 28.8. The first kappa shape index (κ1) is 39.4. The quantitative estimate of drug-likeness (QED) is 0.105. The highest BCUT2D eigenvalue weighted by atomic mass is 32.2. The Bertz CT molecular complexity index is 2200. The summed E-state index contributed by atoms with van der Waals surface area (Å²) in [5.74, 6) is -0.461. The smallest absolute Gasteiger partial charge is 0.356 e. The Kier molecular flexibility index (Phi) is 12.0. The average molecular weight is 779 g/mol. The minimum Gasteiger partial charge on any atom is -0.497 e. The van der Waals surface area contributed by atoms with Crippen LogP contribution in [0.15, 0.2) is 132 Å². The van der Waals surface area contributed by atoms with E-state index in [4.69, 9.17) is 24.3 Å². The highest BCUT2D eigenvalue weighted by molar-refractivity contribution is 8.00. The number of fused-ring (bicyclic) bond motifs is 1. The number of β-lactam (4-membered cyclic amide) rings is 1. The summed E-state index contributed by atoms with van der Waals surface area (Å²) in [6.07, 6.45) is 1.99. The summed E-state index contributed by atoms with van der Waals surface area (Å²) in [5.41, 5.74) is 8.80. The lowest BCUT2D eigenvalue weighted by Crippen LogP contribution is -2.68. The number of carbonyl (C=O) groups excluding carboxylic acids is 2. The third-order valence-corrected chi connectivity index (χ3v) is 11.6. The number of aryl methyl sites for hydroxylation is 1. The molecule has 12 nitrogen and oxygen atoms in total. The summed E-state index contributed by atoms with van der Waals surface area (Å²) < 4.78 is 72.6. The first-order chi connectivity index (χ1) is 25.1. The van der Waals surface area contributed by atoms with Gasteiger partial charge >= 0.3 is 5.97 Å². The molecule has 0 saturated carbocycles. The number of methoxy groups -OCH3 is 1. The highest BCUT2D eigenvalue weighted by Gasteiger charge is 2.53. The number of esters is 1. The summed E-state index contributed by atoms with van der Waals surface area (Å²) in [6.45, 7) is 5.51. The van der Waals surface area contributed by atoms with Crippen molar-refractivity contribution in [1.82, 2.24) is 4.90 Å². The third kappa shape index (κ3) is 8.89. The van der Waals surface area contributed by atoms with Crippen molar-refractivity contribution < 1.29 is 45.0 Å². The Morgan fingerprint density at radius 1 is 0.962 bits per heavy atom. The first-order valence-electron chi connectivity index (χ1n) is 16.1. The lowest BCUT2D eigenvalue weighted by molar-refractivity contribution is -0.159. The van der Waals surface area contributed by atoms with E-state index in [9.17, 15) is 26.4 Å². The predicted molar refractivity (Wildman–Crippen MR) is 201 cm³/mol. The van der Waals surface area contributed by atoms with Gasteiger partial charge in [0.15, 0.2) is 5.60 Å².